The van der Waals surface area contributed by atoms with Crippen molar-refractivity contribution in [3.8, 4) is 0 Å². The molecule has 1 rings (SSSR count). The van der Waals surface area contributed by atoms with Crippen molar-refractivity contribution in [2.24, 2.45) is 0 Å². The highest BCUT2D eigenvalue weighted by atomic mass is 35.5. The van der Waals surface area contributed by atoms with Crippen LogP contribution in [0, 0.1) is 5.82 Å². The van der Waals surface area contributed by atoms with E-state index < -0.39 is 22.2 Å². The van der Waals surface area contributed by atoms with E-state index in [1.54, 1.807) is 6.92 Å². The van der Waals surface area contributed by atoms with Gasteiger partial charge in [-0.15, -0.1) is 0 Å². The van der Waals surface area contributed by atoms with Gasteiger partial charge < -0.3 is 4.90 Å². The van der Waals surface area contributed by atoms with Crippen LogP contribution >= 0.6 is 11.6 Å². The van der Waals surface area contributed by atoms with Gasteiger partial charge in [0, 0.05) is 6.04 Å². The third kappa shape index (κ3) is 3.93. The van der Waals surface area contributed by atoms with Crippen LogP contribution in [0.1, 0.15) is 39.7 Å². The second-order valence-electron chi connectivity index (χ2n) is 4.75. The molecule has 1 aromatic rings. The van der Waals surface area contributed by atoms with E-state index in [4.69, 9.17) is 11.6 Å². The highest BCUT2D eigenvalue weighted by molar-refractivity contribution is 6.29. The fourth-order valence-corrected chi connectivity index (χ4v) is 2.34. The smallest absolute Gasteiger partial charge is 0.304 e. The van der Waals surface area contributed by atoms with E-state index in [0.29, 0.717) is 6.42 Å². The van der Waals surface area contributed by atoms with Crippen LogP contribution in [0.3, 0.4) is 0 Å². The maximum absolute atomic E-state index is 13.4. The van der Waals surface area contributed by atoms with Crippen LogP contribution in [0.25, 0.3) is 0 Å². The minimum atomic E-state index is -1.11. The Bertz CT molecular complexity index is 552. The van der Waals surface area contributed by atoms with Gasteiger partial charge in [0.15, 0.2) is 5.15 Å². The standard InChI is InChI=1S/C13H21ClFN3O2/c1-4-17(5-2)8-6-7-9(3)18-12(19)10(15)11(14)16-13(18)20/h9H,4-8H2,1-3H3,(H,16,20). The van der Waals surface area contributed by atoms with Gasteiger partial charge in [-0.05, 0) is 39.4 Å². The van der Waals surface area contributed by atoms with Gasteiger partial charge in [-0.25, -0.2) is 4.79 Å². The molecule has 0 aromatic carbocycles. The van der Waals surface area contributed by atoms with Gasteiger partial charge in [0.25, 0.3) is 5.56 Å². The normalized spacial score (nSPS) is 12.9. The van der Waals surface area contributed by atoms with Gasteiger partial charge in [0.2, 0.25) is 5.82 Å². The van der Waals surface area contributed by atoms with Crippen LogP contribution in [0.2, 0.25) is 5.15 Å². The summed E-state index contributed by atoms with van der Waals surface area (Å²) in [6.07, 6.45) is 1.46. The van der Waals surface area contributed by atoms with Gasteiger partial charge >= 0.3 is 5.69 Å². The maximum atomic E-state index is 13.4. The van der Waals surface area contributed by atoms with Crippen LogP contribution in [0.4, 0.5) is 4.39 Å². The molecule has 0 amide bonds. The molecule has 0 saturated carbocycles. The maximum Gasteiger partial charge on any atom is 0.329 e. The fraction of sp³-hybridized carbons (Fsp3) is 0.692. The lowest BCUT2D eigenvalue weighted by molar-refractivity contribution is 0.286. The van der Waals surface area contributed by atoms with Crippen molar-refractivity contribution in [3.63, 3.8) is 0 Å². The number of H-pyrrole nitrogens is 1. The Kier molecular flexibility index (Phi) is 6.42. The number of rotatable bonds is 7. The molecule has 1 heterocycles. The Hall–Kier alpha value is -1.14. The van der Waals surface area contributed by atoms with Crippen molar-refractivity contribution in [1.29, 1.82) is 0 Å². The molecule has 1 atom stereocenters. The summed E-state index contributed by atoms with van der Waals surface area (Å²) >= 11 is 5.43. The molecular formula is C13H21ClFN3O2. The monoisotopic (exact) mass is 305 g/mol. The molecule has 5 nitrogen and oxygen atoms in total. The first-order valence-corrected chi connectivity index (χ1v) is 7.22. The first kappa shape index (κ1) is 16.9. The van der Waals surface area contributed by atoms with Gasteiger partial charge in [-0.2, -0.15) is 4.39 Å². The second-order valence-corrected chi connectivity index (χ2v) is 5.13. The Balaban J connectivity index is 2.79. The molecule has 0 bridgehead atoms. The zero-order chi connectivity index (χ0) is 15.3. The molecular weight excluding hydrogens is 285 g/mol. The highest BCUT2D eigenvalue weighted by Gasteiger charge is 2.16. The predicted octanol–water partition coefficient (Wildman–Crippen LogP) is 2.01. The van der Waals surface area contributed by atoms with Crippen molar-refractivity contribution in [2.75, 3.05) is 19.6 Å². The van der Waals surface area contributed by atoms with Crippen molar-refractivity contribution in [3.05, 3.63) is 31.8 Å². The third-order valence-corrected chi connectivity index (χ3v) is 3.73. The summed E-state index contributed by atoms with van der Waals surface area (Å²) in [6, 6.07) is -0.367. The van der Waals surface area contributed by atoms with Crippen LogP contribution in [-0.4, -0.2) is 34.1 Å². The summed E-state index contributed by atoms with van der Waals surface area (Å²) in [5.74, 6) is -1.11. The van der Waals surface area contributed by atoms with Gasteiger partial charge in [0.1, 0.15) is 0 Å². The van der Waals surface area contributed by atoms with Crippen LogP contribution in [-0.2, 0) is 0 Å². The zero-order valence-corrected chi connectivity index (χ0v) is 12.8. The molecule has 0 radical (unpaired) electrons. The Labute approximate surface area is 122 Å². The molecule has 20 heavy (non-hydrogen) atoms. The molecule has 0 saturated heterocycles. The lowest BCUT2D eigenvalue weighted by atomic mass is 10.1. The molecule has 114 valence electrons. The van der Waals surface area contributed by atoms with Crippen LogP contribution in [0.5, 0.6) is 0 Å². The van der Waals surface area contributed by atoms with E-state index in [1.165, 1.54) is 0 Å². The first-order chi connectivity index (χ1) is 9.42. The fourth-order valence-electron chi connectivity index (χ4n) is 2.18. The van der Waals surface area contributed by atoms with Crippen molar-refractivity contribution in [2.45, 2.75) is 39.7 Å². The largest absolute Gasteiger partial charge is 0.329 e. The molecule has 0 spiro atoms. The summed E-state index contributed by atoms with van der Waals surface area (Å²) in [6.45, 7) is 8.70. The number of aromatic amines is 1. The van der Waals surface area contributed by atoms with Gasteiger partial charge in [-0.1, -0.05) is 25.4 Å². The van der Waals surface area contributed by atoms with Gasteiger partial charge in [-0.3, -0.25) is 14.3 Å². The van der Waals surface area contributed by atoms with Crippen LogP contribution < -0.4 is 11.2 Å². The van der Waals surface area contributed by atoms with E-state index in [1.807, 2.05) is 0 Å². The number of nitrogens with zero attached hydrogens (tertiary/aromatic N) is 2. The molecule has 7 heteroatoms. The average Bonchev–Trinajstić information content (AvgIpc) is 2.41. The summed E-state index contributed by atoms with van der Waals surface area (Å²) in [7, 11) is 0. The molecule has 0 aliphatic heterocycles. The molecule has 1 N–H and O–H groups in total. The first-order valence-electron chi connectivity index (χ1n) is 6.84. The second kappa shape index (κ2) is 7.59. The van der Waals surface area contributed by atoms with Crippen molar-refractivity contribution >= 4 is 11.6 Å². The number of hydrogen-bond donors (Lipinski definition) is 1. The topological polar surface area (TPSA) is 58.1 Å². The average molecular weight is 306 g/mol. The Morgan fingerprint density at radius 3 is 2.50 bits per heavy atom. The highest BCUT2D eigenvalue weighted by Crippen LogP contribution is 2.11. The van der Waals surface area contributed by atoms with Crippen LogP contribution in [0.15, 0.2) is 9.59 Å². The molecule has 0 aliphatic rings. The number of nitrogens with one attached hydrogen (secondary N) is 1. The van der Waals surface area contributed by atoms with E-state index in [0.717, 1.165) is 30.6 Å². The molecule has 1 unspecified atom stereocenters. The van der Waals surface area contributed by atoms with Crippen molar-refractivity contribution in [1.82, 2.24) is 14.5 Å². The third-order valence-electron chi connectivity index (χ3n) is 3.47. The van der Waals surface area contributed by atoms with E-state index in [2.05, 4.69) is 23.7 Å². The summed E-state index contributed by atoms with van der Waals surface area (Å²) in [5, 5.41) is -0.536. The number of aromatic nitrogens is 2. The van der Waals surface area contributed by atoms with Crippen molar-refractivity contribution < 1.29 is 4.39 Å². The lowest BCUT2D eigenvalue weighted by Crippen LogP contribution is -2.39. The lowest BCUT2D eigenvalue weighted by Gasteiger charge is -2.19. The van der Waals surface area contributed by atoms with E-state index in [-0.39, 0.29) is 6.04 Å². The van der Waals surface area contributed by atoms with E-state index in [9.17, 15) is 14.0 Å². The number of hydrogen-bond acceptors (Lipinski definition) is 3. The van der Waals surface area contributed by atoms with Gasteiger partial charge in [0.05, 0.1) is 0 Å². The SMILES string of the molecule is CCN(CC)CCCC(C)n1c(=O)[nH]c(Cl)c(F)c1=O. The molecule has 0 aliphatic carbocycles. The Morgan fingerprint density at radius 1 is 1.35 bits per heavy atom. The summed E-state index contributed by atoms with van der Waals surface area (Å²) < 4.78 is 14.3. The van der Waals surface area contributed by atoms with E-state index >= 15 is 0 Å². The minimum Gasteiger partial charge on any atom is -0.304 e. The molecule has 1 aromatic heterocycles. The minimum absolute atomic E-state index is 0.367. The Morgan fingerprint density at radius 2 is 1.95 bits per heavy atom. The number of halogens is 2. The summed E-state index contributed by atoms with van der Waals surface area (Å²) in [5.41, 5.74) is -1.63. The summed E-state index contributed by atoms with van der Waals surface area (Å²) in [4.78, 5) is 27.8. The quantitative estimate of drug-likeness (QED) is 0.784. The predicted molar refractivity (Wildman–Crippen MR) is 78.0 cm³/mol. The molecule has 0 fully saturated rings. The zero-order valence-electron chi connectivity index (χ0n) is 12.1.